The number of hydrogen-bond donors (Lipinski definition) is 0. The van der Waals surface area contributed by atoms with Crippen molar-refractivity contribution in [2.45, 2.75) is 17.4 Å². The molecule has 3 rings (SSSR count). The molecule has 0 aliphatic heterocycles. The Balaban J connectivity index is 1.65. The van der Waals surface area contributed by atoms with Gasteiger partial charge in [0.25, 0.3) is 11.6 Å². The van der Waals surface area contributed by atoms with Crippen molar-refractivity contribution >= 4 is 34.9 Å². The first-order valence-electron chi connectivity index (χ1n) is 6.48. The highest BCUT2D eigenvalue weighted by atomic mass is 35.5. The summed E-state index contributed by atoms with van der Waals surface area (Å²) < 4.78 is 9.25. The summed E-state index contributed by atoms with van der Waals surface area (Å²) in [6.07, 6.45) is 0.345. The van der Waals surface area contributed by atoms with Crippen molar-refractivity contribution < 1.29 is 18.9 Å². The summed E-state index contributed by atoms with van der Waals surface area (Å²) in [5.41, 5.74) is 0.301. The fourth-order valence-corrected chi connectivity index (χ4v) is 2.37. The largest absolute Gasteiger partial charge is 0.455 e. The molecule has 1 aliphatic carbocycles. The molecule has 23 heavy (non-hydrogen) atoms. The average molecular weight is 358 g/mol. The number of nitrogens with zero attached hydrogens (tertiary/aromatic N) is 3. The van der Waals surface area contributed by atoms with Crippen molar-refractivity contribution in [1.82, 2.24) is 10.2 Å². The molecule has 1 aliphatic rings. The normalized spacial score (nSPS) is 18.4. The summed E-state index contributed by atoms with van der Waals surface area (Å²) in [6.45, 7) is -0.221. The molecular formula is C13H9Cl2N3O5. The zero-order chi connectivity index (χ0) is 16.6. The van der Waals surface area contributed by atoms with Crippen LogP contribution in [-0.2, 0) is 16.1 Å². The van der Waals surface area contributed by atoms with Gasteiger partial charge in [-0.15, -0.1) is 33.4 Å². The van der Waals surface area contributed by atoms with E-state index < -0.39 is 21.1 Å². The molecule has 0 N–H and O–H groups in total. The quantitative estimate of drug-likeness (QED) is 0.350. The molecule has 1 heterocycles. The van der Waals surface area contributed by atoms with Gasteiger partial charge in [0.1, 0.15) is 4.33 Å². The minimum absolute atomic E-state index is 0.0650. The minimum Gasteiger partial charge on any atom is -0.455 e. The summed E-state index contributed by atoms with van der Waals surface area (Å²) in [5, 5.41) is 18.2. The Morgan fingerprint density at radius 2 is 2.22 bits per heavy atom. The zero-order valence-electron chi connectivity index (χ0n) is 11.4. The van der Waals surface area contributed by atoms with Gasteiger partial charge in [-0.05, 0) is 12.5 Å². The van der Waals surface area contributed by atoms with Gasteiger partial charge in [-0.25, -0.2) is 0 Å². The Labute approximate surface area is 139 Å². The van der Waals surface area contributed by atoms with E-state index in [0.29, 0.717) is 12.0 Å². The molecule has 1 atom stereocenters. The fraction of sp³-hybridized carbons (Fsp3) is 0.308. The molecule has 0 bridgehead atoms. The minimum atomic E-state index is -1.06. The number of nitro benzene ring substituents is 1. The van der Waals surface area contributed by atoms with Crippen molar-refractivity contribution in [3.63, 3.8) is 0 Å². The van der Waals surface area contributed by atoms with Gasteiger partial charge in [0, 0.05) is 17.7 Å². The standard InChI is InChI=1S/C13H9Cl2N3O5/c14-13(15)5-9(13)12(19)22-6-10-16-17-11(23-10)7-2-1-3-8(4-7)18(20)21/h1-4,9H,5-6H2/t9-/m0/s1. The van der Waals surface area contributed by atoms with Gasteiger partial charge < -0.3 is 9.15 Å². The van der Waals surface area contributed by atoms with Gasteiger partial charge in [-0.1, -0.05) is 6.07 Å². The van der Waals surface area contributed by atoms with E-state index in [9.17, 15) is 14.9 Å². The number of non-ortho nitro benzene ring substituents is 1. The van der Waals surface area contributed by atoms with Crippen LogP contribution in [0.25, 0.3) is 11.5 Å². The number of alkyl halides is 2. The highest BCUT2D eigenvalue weighted by Gasteiger charge is 2.57. The lowest BCUT2D eigenvalue weighted by Crippen LogP contribution is -2.10. The third-order valence-electron chi connectivity index (χ3n) is 3.22. The molecule has 0 amide bonds. The predicted molar refractivity (Wildman–Crippen MR) is 78.7 cm³/mol. The topological polar surface area (TPSA) is 108 Å². The van der Waals surface area contributed by atoms with Crippen molar-refractivity contribution in [3.05, 3.63) is 40.3 Å². The number of nitro groups is 1. The molecule has 8 nitrogen and oxygen atoms in total. The van der Waals surface area contributed by atoms with Gasteiger partial charge in [-0.3, -0.25) is 14.9 Å². The fourth-order valence-electron chi connectivity index (χ4n) is 1.88. The maximum Gasteiger partial charge on any atom is 0.312 e. The van der Waals surface area contributed by atoms with Crippen LogP contribution in [0.2, 0.25) is 0 Å². The van der Waals surface area contributed by atoms with Crippen LogP contribution >= 0.6 is 23.2 Å². The van der Waals surface area contributed by atoms with Crippen LogP contribution in [0.4, 0.5) is 5.69 Å². The Morgan fingerprint density at radius 1 is 1.48 bits per heavy atom. The van der Waals surface area contributed by atoms with Crippen LogP contribution in [0.5, 0.6) is 0 Å². The number of carbonyl (C=O) groups excluding carboxylic acids is 1. The smallest absolute Gasteiger partial charge is 0.312 e. The van der Waals surface area contributed by atoms with Crippen molar-refractivity contribution in [1.29, 1.82) is 0 Å². The van der Waals surface area contributed by atoms with Gasteiger partial charge in [0.05, 0.1) is 10.8 Å². The number of rotatable bonds is 5. The van der Waals surface area contributed by atoms with E-state index in [1.807, 2.05) is 0 Å². The number of aromatic nitrogens is 2. The first-order valence-corrected chi connectivity index (χ1v) is 7.24. The molecule has 0 radical (unpaired) electrons. The van der Waals surface area contributed by atoms with Crippen molar-refractivity contribution in [3.8, 4) is 11.5 Å². The summed E-state index contributed by atoms with van der Waals surface area (Å²) in [6, 6.07) is 5.76. The third-order valence-corrected chi connectivity index (χ3v) is 4.05. The third kappa shape index (κ3) is 3.43. The van der Waals surface area contributed by atoms with Crippen LogP contribution < -0.4 is 0 Å². The number of esters is 1. The van der Waals surface area contributed by atoms with Crippen LogP contribution in [0, 0.1) is 16.0 Å². The molecule has 10 heteroatoms. The lowest BCUT2D eigenvalue weighted by Gasteiger charge is -2.01. The Hall–Kier alpha value is -2.19. The van der Waals surface area contributed by atoms with E-state index in [-0.39, 0.29) is 24.1 Å². The van der Waals surface area contributed by atoms with E-state index in [1.54, 1.807) is 6.07 Å². The monoisotopic (exact) mass is 357 g/mol. The van der Waals surface area contributed by atoms with E-state index in [2.05, 4.69) is 10.2 Å². The van der Waals surface area contributed by atoms with E-state index in [4.69, 9.17) is 32.4 Å². The molecule has 1 aromatic heterocycles. The summed E-state index contributed by atoms with van der Waals surface area (Å²) in [5.74, 6) is -0.930. The number of halogens is 2. The predicted octanol–water partition coefficient (Wildman–Crippen LogP) is 2.88. The Morgan fingerprint density at radius 3 is 2.87 bits per heavy atom. The van der Waals surface area contributed by atoms with E-state index >= 15 is 0 Å². The van der Waals surface area contributed by atoms with Gasteiger partial charge >= 0.3 is 5.97 Å². The Kier molecular flexibility index (Phi) is 3.95. The molecule has 120 valence electrons. The molecular weight excluding hydrogens is 349 g/mol. The zero-order valence-corrected chi connectivity index (χ0v) is 13.0. The molecule has 1 aromatic carbocycles. The summed E-state index contributed by atoms with van der Waals surface area (Å²) >= 11 is 11.5. The molecule has 1 saturated carbocycles. The second kappa shape index (κ2) is 5.78. The summed E-state index contributed by atoms with van der Waals surface area (Å²) in [4.78, 5) is 21.9. The second-order valence-corrected chi connectivity index (χ2v) is 6.48. The van der Waals surface area contributed by atoms with Crippen LogP contribution in [0.15, 0.2) is 28.7 Å². The molecule has 1 fully saturated rings. The van der Waals surface area contributed by atoms with E-state index in [0.717, 1.165) is 0 Å². The van der Waals surface area contributed by atoms with Crippen molar-refractivity contribution in [2.75, 3.05) is 0 Å². The highest BCUT2D eigenvalue weighted by molar-refractivity contribution is 6.52. The first kappa shape index (κ1) is 15.7. The van der Waals surface area contributed by atoms with E-state index in [1.165, 1.54) is 18.2 Å². The van der Waals surface area contributed by atoms with Crippen LogP contribution in [0.1, 0.15) is 12.3 Å². The van der Waals surface area contributed by atoms with Crippen LogP contribution in [-0.4, -0.2) is 25.4 Å². The Bertz CT molecular complexity index is 776. The molecule has 2 aromatic rings. The van der Waals surface area contributed by atoms with Gasteiger partial charge in [0.2, 0.25) is 5.89 Å². The van der Waals surface area contributed by atoms with Gasteiger partial charge in [0.15, 0.2) is 6.61 Å². The number of benzene rings is 1. The van der Waals surface area contributed by atoms with Gasteiger partial charge in [-0.2, -0.15) is 0 Å². The first-order chi connectivity index (χ1) is 10.9. The average Bonchev–Trinajstić information content (AvgIpc) is 2.96. The lowest BCUT2D eigenvalue weighted by molar-refractivity contribution is -0.384. The maximum atomic E-state index is 11.6. The number of ether oxygens (including phenoxy) is 1. The van der Waals surface area contributed by atoms with Crippen molar-refractivity contribution in [2.24, 2.45) is 5.92 Å². The SMILES string of the molecule is O=C(OCc1nnc(-c2cccc([N+](=O)[O-])c2)o1)[C@@H]1CC1(Cl)Cl. The number of carbonyl (C=O) groups is 1. The highest BCUT2D eigenvalue weighted by Crippen LogP contribution is 2.53. The second-order valence-electron chi connectivity index (χ2n) is 4.93. The number of hydrogen-bond acceptors (Lipinski definition) is 7. The lowest BCUT2D eigenvalue weighted by atomic mass is 10.2. The molecule has 0 unspecified atom stereocenters. The molecule has 0 saturated heterocycles. The maximum absolute atomic E-state index is 11.6. The van der Waals surface area contributed by atoms with Crippen LogP contribution in [0.3, 0.4) is 0 Å². The summed E-state index contributed by atoms with van der Waals surface area (Å²) in [7, 11) is 0. The molecule has 0 spiro atoms.